The Bertz CT molecular complexity index is 550. The highest BCUT2D eigenvalue weighted by Crippen LogP contribution is 2.26. The molecule has 8 heteroatoms. The van der Waals surface area contributed by atoms with Gasteiger partial charge in [-0.15, -0.1) is 24.8 Å². The van der Waals surface area contributed by atoms with Crippen LogP contribution in [-0.2, 0) is 4.79 Å². The summed E-state index contributed by atoms with van der Waals surface area (Å²) in [5.41, 5.74) is 1.24. The van der Waals surface area contributed by atoms with Crippen molar-refractivity contribution in [2.45, 2.75) is 31.3 Å². The minimum atomic E-state index is 0. The molecule has 1 amide bonds. The van der Waals surface area contributed by atoms with Crippen LogP contribution < -0.4 is 15.4 Å². The van der Waals surface area contributed by atoms with E-state index in [0.717, 1.165) is 36.9 Å². The summed E-state index contributed by atoms with van der Waals surface area (Å²) in [5.74, 6) is 3.19. The molecule has 5 nitrogen and oxygen atoms in total. The predicted molar refractivity (Wildman–Crippen MR) is 118 cm³/mol. The van der Waals surface area contributed by atoms with E-state index in [4.69, 9.17) is 4.74 Å². The van der Waals surface area contributed by atoms with Crippen LogP contribution >= 0.6 is 36.6 Å². The number of hydrogen-bond acceptors (Lipinski definition) is 5. The summed E-state index contributed by atoms with van der Waals surface area (Å²) < 4.78 is 5.26. The van der Waals surface area contributed by atoms with E-state index in [1.165, 1.54) is 18.4 Å². The van der Waals surface area contributed by atoms with Gasteiger partial charge in [-0.3, -0.25) is 9.69 Å². The van der Waals surface area contributed by atoms with Crippen molar-refractivity contribution in [3.63, 3.8) is 0 Å². The van der Waals surface area contributed by atoms with Gasteiger partial charge in [-0.05, 0) is 43.6 Å². The third-order valence-corrected chi connectivity index (χ3v) is 6.14. The molecule has 0 bridgehead atoms. The van der Waals surface area contributed by atoms with Gasteiger partial charge in [0.05, 0.1) is 13.2 Å². The summed E-state index contributed by atoms with van der Waals surface area (Å²) >= 11 is 1.93. The van der Waals surface area contributed by atoms with Gasteiger partial charge in [0, 0.05) is 37.1 Å². The maximum absolute atomic E-state index is 12.4. The fourth-order valence-electron chi connectivity index (χ4n) is 3.59. The number of amides is 1. The van der Waals surface area contributed by atoms with Gasteiger partial charge in [-0.25, -0.2) is 0 Å². The molecule has 27 heavy (non-hydrogen) atoms. The van der Waals surface area contributed by atoms with E-state index >= 15 is 0 Å². The molecule has 0 aromatic heterocycles. The van der Waals surface area contributed by atoms with E-state index in [-0.39, 0.29) is 36.8 Å². The molecule has 2 saturated heterocycles. The van der Waals surface area contributed by atoms with Gasteiger partial charge in [0.15, 0.2) is 0 Å². The topological polar surface area (TPSA) is 53.6 Å². The zero-order valence-corrected chi connectivity index (χ0v) is 18.3. The molecule has 2 atom stereocenters. The number of rotatable bonds is 7. The van der Waals surface area contributed by atoms with E-state index in [9.17, 15) is 4.79 Å². The van der Waals surface area contributed by atoms with Crippen molar-refractivity contribution in [1.29, 1.82) is 0 Å². The van der Waals surface area contributed by atoms with E-state index < -0.39 is 0 Å². The normalized spacial score (nSPS) is 20.9. The van der Waals surface area contributed by atoms with Crippen molar-refractivity contribution in [2.24, 2.45) is 0 Å². The lowest BCUT2D eigenvalue weighted by molar-refractivity contribution is -0.121. The van der Waals surface area contributed by atoms with Gasteiger partial charge < -0.3 is 15.4 Å². The second-order valence-electron chi connectivity index (χ2n) is 6.77. The number of carbonyl (C=O) groups excluding carboxylic acids is 1. The van der Waals surface area contributed by atoms with Crippen molar-refractivity contribution in [2.75, 3.05) is 44.8 Å². The standard InChI is InChI=1S/C19H29N3O2S.2ClH/c1-24-17-6-4-15(5-7-17)18(22-9-2-3-10-22)13-21-19(23)12-16-14-25-11-8-20-16;;/h4-7,16,18,20H,2-3,8-14H2,1H3,(H,21,23);2*1H. The van der Waals surface area contributed by atoms with Gasteiger partial charge in [0.1, 0.15) is 5.75 Å². The highest BCUT2D eigenvalue weighted by molar-refractivity contribution is 7.99. The quantitative estimate of drug-likeness (QED) is 0.689. The van der Waals surface area contributed by atoms with Crippen LogP contribution in [0.2, 0.25) is 0 Å². The van der Waals surface area contributed by atoms with Gasteiger partial charge >= 0.3 is 0 Å². The lowest BCUT2D eigenvalue weighted by atomic mass is 10.0. The van der Waals surface area contributed by atoms with Crippen LogP contribution in [-0.4, -0.2) is 61.6 Å². The number of halogens is 2. The first-order chi connectivity index (χ1) is 12.3. The molecule has 2 N–H and O–H groups in total. The minimum absolute atomic E-state index is 0. The van der Waals surface area contributed by atoms with Crippen LogP contribution in [0.3, 0.4) is 0 Å². The summed E-state index contributed by atoms with van der Waals surface area (Å²) in [6.45, 7) is 3.89. The fraction of sp³-hybridized carbons (Fsp3) is 0.632. The SMILES string of the molecule is COc1ccc(C(CNC(=O)CC2CSCCN2)N2CCCC2)cc1.Cl.Cl. The molecule has 2 heterocycles. The first-order valence-corrected chi connectivity index (χ1v) is 10.4. The molecule has 154 valence electrons. The Morgan fingerprint density at radius 1 is 1.30 bits per heavy atom. The van der Waals surface area contributed by atoms with Gasteiger partial charge in [0.25, 0.3) is 0 Å². The molecule has 0 aliphatic carbocycles. The van der Waals surface area contributed by atoms with Crippen molar-refractivity contribution in [3.8, 4) is 5.75 Å². The van der Waals surface area contributed by atoms with E-state index in [0.29, 0.717) is 19.0 Å². The van der Waals surface area contributed by atoms with Crippen LogP contribution in [0.25, 0.3) is 0 Å². The van der Waals surface area contributed by atoms with Crippen LogP contribution in [0, 0.1) is 0 Å². The van der Waals surface area contributed by atoms with Crippen molar-refractivity contribution in [3.05, 3.63) is 29.8 Å². The van der Waals surface area contributed by atoms with Crippen LogP contribution in [0.1, 0.15) is 30.9 Å². The Morgan fingerprint density at radius 3 is 2.59 bits per heavy atom. The molecular formula is C19H31Cl2N3O2S. The van der Waals surface area contributed by atoms with Crippen molar-refractivity contribution < 1.29 is 9.53 Å². The van der Waals surface area contributed by atoms with Gasteiger partial charge in [0.2, 0.25) is 5.91 Å². The molecule has 1 aromatic rings. The molecule has 0 spiro atoms. The van der Waals surface area contributed by atoms with Crippen molar-refractivity contribution in [1.82, 2.24) is 15.5 Å². The fourth-order valence-corrected chi connectivity index (χ4v) is 4.54. The molecule has 2 fully saturated rings. The molecule has 0 radical (unpaired) electrons. The Hall–Kier alpha value is -0.660. The Balaban J connectivity index is 0.00000182. The number of thioether (sulfide) groups is 1. The second-order valence-corrected chi connectivity index (χ2v) is 7.92. The molecule has 2 aliphatic rings. The number of hydrogen-bond donors (Lipinski definition) is 2. The third kappa shape index (κ3) is 7.35. The largest absolute Gasteiger partial charge is 0.497 e. The first kappa shape index (κ1) is 24.4. The first-order valence-electron chi connectivity index (χ1n) is 9.22. The van der Waals surface area contributed by atoms with E-state index in [1.807, 2.05) is 23.9 Å². The monoisotopic (exact) mass is 435 g/mol. The Kier molecular flexibility index (Phi) is 11.5. The molecule has 2 aliphatic heterocycles. The summed E-state index contributed by atoms with van der Waals surface area (Å²) in [4.78, 5) is 14.8. The molecule has 0 saturated carbocycles. The smallest absolute Gasteiger partial charge is 0.221 e. The predicted octanol–water partition coefficient (Wildman–Crippen LogP) is 2.89. The zero-order valence-electron chi connectivity index (χ0n) is 15.8. The Morgan fingerprint density at radius 2 is 2.00 bits per heavy atom. The lowest BCUT2D eigenvalue weighted by Gasteiger charge is -2.29. The number of nitrogens with one attached hydrogen (secondary N) is 2. The van der Waals surface area contributed by atoms with Gasteiger partial charge in [-0.1, -0.05) is 12.1 Å². The highest BCUT2D eigenvalue weighted by Gasteiger charge is 2.24. The summed E-state index contributed by atoms with van der Waals surface area (Å²) in [6, 6.07) is 8.80. The van der Waals surface area contributed by atoms with Gasteiger partial charge in [-0.2, -0.15) is 11.8 Å². The number of benzene rings is 1. The average molecular weight is 436 g/mol. The summed E-state index contributed by atoms with van der Waals surface area (Å²) in [7, 11) is 1.69. The third-order valence-electron chi connectivity index (χ3n) is 5.00. The molecule has 1 aromatic carbocycles. The summed E-state index contributed by atoms with van der Waals surface area (Å²) in [5, 5.41) is 6.60. The highest BCUT2D eigenvalue weighted by atomic mass is 35.5. The van der Waals surface area contributed by atoms with Crippen molar-refractivity contribution >= 4 is 42.5 Å². The van der Waals surface area contributed by atoms with Crippen LogP contribution in [0.4, 0.5) is 0 Å². The minimum Gasteiger partial charge on any atom is -0.497 e. The number of methoxy groups -OCH3 is 1. The molecular weight excluding hydrogens is 405 g/mol. The van der Waals surface area contributed by atoms with Crippen LogP contribution in [0.5, 0.6) is 5.75 Å². The maximum Gasteiger partial charge on any atom is 0.221 e. The maximum atomic E-state index is 12.4. The number of carbonyl (C=O) groups is 1. The van der Waals surface area contributed by atoms with E-state index in [1.54, 1.807) is 7.11 Å². The number of nitrogens with zero attached hydrogens (tertiary/aromatic N) is 1. The Labute approximate surface area is 179 Å². The lowest BCUT2D eigenvalue weighted by Crippen LogP contribution is -2.43. The summed E-state index contributed by atoms with van der Waals surface area (Å²) in [6.07, 6.45) is 3.05. The molecule has 2 unspecified atom stereocenters. The van der Waals surface area contributed by atoms with Crippen LogP contribution in [0.15, 0.2) is 24.3 Å². The molecule has 3 rings (SSSR count). The average Bonchev–Trinajstić information content (AvgIpc) is 3.18. The zero-order chi connectivity index (χ0) is 17.5. The second kappa shape index (κ2) is 12.7. The number of ether oxygens (including phenoxy) is 1. The number of likely N-dealkylation sites (tertiary alicyclic amines) is 1. The van der Waals surface area contributed by atoms with E-state index in [2.05, 4.69) is 27.7 Å².